The molecule has 1 aliphatic carbocycles. The number of aryl methyl sites for hydroxylation is 1. The molecule has 0 saturated heterocycles. The van der Waals surface area contributed by atoms with Crippen LogP contribution in [0.5, 0.6) is 0 Å². The highest BCUT2D eigenvalue weighted by molar-refractivity contribution is 5.77. The van der Waals surface area contributed by atoms with Gasteiger partial charge in [0.15, 0.2) is 5.65 Å². The van der Waals surface area contributed by atoms with Crippen LogP contribution in [-0.2, 0) is 18.4 Å². The third-order valence-electron chi connectivity index (χ3n) is 3.75. The van der Waals surface area contributed by atoms with Gasteiger partial charge < -0.3 is 5.32 Å². The van der Waals surface area contributed by atoms with Gasteiger partial charge in [-0.05, 0) is 25.7 Å². The first kappa shape index (κ1) is 12.8. The van der Waals surface area contributed by atoms with E-state index in [0.29, 0.717) is 17.0 Å². The number of carbonyl (C=O) groups is 1. The first-order valence-corrected chi connectivity index (χ1v) is 6.73. The minimum Gasteiger partial charge on any atom is -0.352 e. The maximum absolute atomic E-state index is 12.2. The number of hydrogen-bond acceptors (Lipinski definition) is 4. The van der Waals surface area contributed by atoms with E-state index in [1.165, 1.54) is 34.6 Å². The molecule has 0 aromatic carbocycles. The first-order chi connectivity index (χ1) is 9.56. The molecule has 2 heterocycles. The van der Waals surface area contributed by atoms with Crippen LogP contribution in [0.25, 0.3) is 11.0 Å². The van der Waals surface area contributed by atoms with Crippen molar-refractivity contribution in [3.8, 4) is 0 Å². The summed E-state index contributed by atoms with van der Waals surface area (Å²) in [6.07, 6.45) is 5.22. The van der Waals surface area contributed by atoms with Crippen LogP contribution in [0.3, 0.4) is 0 Å². The second-order valence-electron chi connectivity index (χ2n) is 5.38. The van der Waals surface area contributed by atoms with Crippen molar-refractivity contribution in [3.05, 3.63) is 22.9 Å². The summed E-state index contributed by atoms with van der Waals surface area (Å²) in [6.45, 7) is 1.99. The molecule has 0 spiro atoms. The maximum Gasteiger partial charge on any atom is 0.264 e. The Bertz CT molecular complexity index is 713. The van der Waals surface area contributed by atoms with Gasteiger partial charge >= 0.3 is 0 Å². The summed E-state index contributed by atoms with van der Waals surface area (Å²) in [4.78, 5) is 28.3. The molecule has 0 bridgehead atoms. The van der Waals surface area contributed by atoms with E-state index >= 15 is 0 Å². The lowest BCUT2D eigenvalue weighted by Gasteiger charge is -2.13. The molecule has 1 unspecified atom stereocenters. The van der Waals surface area contributed by atoms with Crippen LogP contribution >= 0.6 is 0 Å². The van der Waals surface area contributed by atoms with Gasteiger partial charge in [0.2, 0.25) is 5.91 Å². The number of carbonyl (C=O) groups excluding carboxylic acids is 1. The normalized spacial score (nSPS) is 16.3. The molecule has 7 nitrogen and oxygen atoms in total. The molecule has 1 atom stereocenters. The van der Waals surface area contributed by atoms with Crippen LogP contribution in [0.4, 0.5) is 0 Å². The predicted octanol–water partition coefficient (Wildman–Crippen LogP) is 0.0447. The zero-order valence-electron chi connectivity index (χ0n) is 11.5. The minimum absolute atomic E-state index is 0.00622. The highest BCUT2D eigenvalue weighted by atomic mass is 16.2. The molecule has 0 aliphatic heterocycles. The number of rotatable bonds is 4. The SMILES string of the molecule is CC(NC(=O)Cn1cnc2c(cnn2C)c1=O)C1CC1. The monoisotopic (exact) mass is 275 g/mol. The van der Waals surface area contributed by atoms with Gasteiger partial charge in [-0.1, -0.05) is 0 Å². The van der Waals surface area contributed by atoms with Crippen LogP contribution in [-0.4, -0.2) is 31.3 Å². The quantitative estimate of drug-likeness (QED) is 0.854. The van der Waals surface area contributed by atoms with Crippen molar-refractivity contribution >= 4 is 16.9 Å². The van der Waals surface area contributed by atoms with Crippen LogP contribution < -0.4 is 10.9 Å². The van der Waals surface area contributed by atoms with E-state index in [1.54, 1.807) is 7.05 Å². The molecule has 7 heteroatoms. The molecule has 2 aromatic rings. The molecular weight excluding hydrogens is 258 g/mol. The number of nitrogens with zero attached hydrogens (tertiary/aromatic N) is 4. The van der Waals surface area contributed by atoms with E-state index in [2.05, 4.69) is 15.4 Å². The molecule has 1 saturated carbocycles. The maximum atomic E-state index is 12.2. The van der Waals surface area contributed by atoms with Gasteiger partial charge in [0, 0.05) is 13.1 Å². The fraction of sp³-hybridized carbons (Fsp3) is 0.538. The van der Waals surface area contributed by atoms with Gasteiger partial charge in [0.05, 0.1) is 6.20 Å². The number of fused-ring (bicyclic) bond motifs is 1. The van der Waals surface area contributed by atoms with Crippen molar-refractivity contribution in [2.45, 2.75) is 32.4 Å². The molecule has 1 aliphatic rings. The summed E-state index contributed by atoms with van der Waals surface area (Å²) in [5.74, 6) is 0.436. The molecular formula is C13H17N5O2. The van der Waals surface area contributed by atoms with Crippen molar-refractivity contribution in [1.82, 2.24) is 24.6 Å². The van der Waals surface area contributed by atoms with Crippen LogP contribution in [0.15, 0.2) is 17.3 Å². The Kier molecular flexibility index (Phi) is 3.04. The third kappa shape index (κ3) is 2.31. The van der Waals surface area contributed by atoms with Gasteiger partial charge in [-0.25, -0.2) is 4.98 Å². The Morgan fingerprint density at radius 2 is 2.30 bits per heavy atom. The Balaban J connectivity index is 1.78. The minimum atomic E-state index is -0.239. The second kappa shape index (κ2) is 4.73. The van der Waals surface area contributed by atoms with Crippen molar-refractivity contribution < 1.29 is 4.79 Å². The van der Waals surface area contributed by atoms with Gasteiger partial charge in [-0.2, -0.15) is 5.10 Å². The van der Waals surface area contributed by atoms with E-state index in [4.69, 9.17) is 0 Å². The highest BCUT2D eigenvalue weighted by Gasteiger charge is 2.28. The number of hydrogen-bond donors (Lipinski definition) is 1. The topological polar surface area (TPSA) is 81.8 Å². The van der Waals surface area contributed by atoms with Crippen LogP contribution in [0.1, 0.15) is 19.8 Å². The van der Waals surface area contributed by atoms with Gasteiger partial charge in [0.1, 0.15) is 18.3 Å². The lowest BCUT2D eigenvalue weighted by atomic mass is 10.2. The molecule has 1 fully saturated rings. The summed E-state index contributed by atoms with van der Waals surface area (Å²) in [5.41, 5.74) is 0.287. The summed E-state index contributed by atoms with van der Waals surface area (Å²) in [5, 5.41) is 7.35. The lowest BCUT2D eigenvalue weighted by molar-refractivity contribution is -0.122. The highest BCUT2D eigenvalue weighted by Crippen LogP contribution is 2.32. The molecule has 2 aromatic heterocycles. The lowest BCUT2D eigenvalue weighted by Crippen LogP contribution is -2.38. The van der Waals surface area contributed by atoms with Gasteiger partial charge in [-0.15, -0.1) is 0 Å². The summed E-state index contributed by atoms with van der Waals surface area (Å²) < 4.78 is 2.86. The summed E-state index contributed by atoms with van der Waals surface area (Å²) in [6, 6.07) is 0.174. The van der Waals surface area contributed by atoms with E-state index in [9.17, 15) is 9.59 Å². The Hall–Kier alpha value is -2.18. The average Bonchev–Trinajstić information content (AvgIpc) is 3.18. The van der Waals surface area contributed by atoms with E-state index < -0.39 is 0 Å². The smallest absolute Gasteiger partial charge is 0.264 e. The van der Waals surface area contributed by atoms with Gasteiger partial charge in [0.25, 0.3) is 5.56 Å². The largest absolute Gasteiger partial charge is 0.352 e. The summed E-state index contributed by atoms with van der Waals surface area (Å²) >= 11 is 0. The molecule has 1 amide bonds. The molecule has 3 rings (SSSR count). The Morgan fingerprint density at radius 1 is 1.55 bits per heavy atom. The fourth-order valence-corrected chi connectivity index (χ4v) is 2.35. The van der Waals surface area contributed by atoms with Crippen LogP contribution in [0.2, 0.25) is 0 Å². The van der Waals surface area contributed by atoms with E-state index in [0.717, 1.165) is 0 Å². The van der Waals surface area contributed by atoms with Crippen molar-refractivity contribution in [2.75, 3.05) is 0 Å². The van der Waals surface area contributed by atoms with Crippen molar-refractivity contribution in [1.29, 1.82) is 0 Å². The molecule has 1 N–H and O–H groups in total. The Labute approximate surface area is 115 Å². The summed E-state index contributed by atoms with van der Waals surface area (Å²) in [7, 11) is 1.73. The molecule has 0 radical (unpaired) electrons. The number of amides is 1. The fourth-order valence-electron chi connectivity index (χ4n) is 2.35. The first-order valence-electron chi connectivity index (χ1n) is 6.73. The van der Waals surface area contributed by atoms with Crippen LogP contribution in [0, 0.1) is 5.92 Å². The number of nitrogens with one attached hydrogen (secondary N) is 1. The average molecular weight is 275 g/mol. The zero-order chi connectivity index (χ0) is 14.3. The zero-order valence-corrected chi connectivity index (χ0v) is 11.5. The third-order valence-corrected chi connectivity index (χ3v) is 3.75. The van der Waals surface area contributed by atoms with Crippen molar-refractivity contribution in [3.63, 3.8) is 0 Å². The molecule has 106 valence electrons. The second-order valence-corrected chi connectivity index (χ2v) is 5.38. The predicted molar refractivity (Wildman–Crippen MR) is 73.1 cm³/mol. The Morgan fingerprint density at radius 3 is 3.00 bits per heavy atom. The van der Waals surface area contributed by atoms with E-state index in [-0.39, 0.29) is 24.1 Å². The standard InChI is InChI=1S/C13H17N5O2/c1-8(9-3-4-9)16-11(19)6-18-7-14-12-10(13(18)20)5-15-17(12)2/h5,7-9H,3-4,6H2,1-2H3,(H,16,19). The van der Waals surface area contributed by atoms with Crippen molar-refractivity contribution in [2.24, 2.45) is 13.0 Å². The van der Waals surface area contributed by atoms with E-state index in [1.807, 2.05) is 6.92 Å². The molecule has 20 heavy (non-hydrogen) atoms. The van der Waals surface area contributed by atoms with Gasteiger partial charge in [-0.3, -0.25) is 18.8 Å². The number of aromatic nitrogens is 4.